The van der Waals surface area contributed by atoms with Crippen LogP contribution < -0.4 is 0 Å². The lowest BCUT2D eigenvalue weighted by Crippen LogP contribution is -2.10. The van der Waals surface area contributed by atoms with Crippen molar-refractivity contribution < 1.29 is 14.7 Å². The first-order chi connectivity index (χ1) is 13.1. The molecule has 0 fully saturated rings. The molecule has 0 unspecified atom stereocenters. The van der Waals surface area contributed by atoms with Crippen LogP contribution in [-0.4, -0.2) is 21.8 Å². The molecule has 0 saturated heterocycles. The van der Waals surface area contributed by atoms with Gasteiger partial charge in [0.05, 0.1) is 5.56 Å². The molecule has 4 nitrogen and oxygen atoms in total. The van der Waals surface area contributed by atoms with Crippen LogP contribution in [0.15, 0.2) is 30.5 Å². The Hall–Kier alpha value is -2.49. The summed E-state index contributed by atoms with van der Waals surface area (Å²) in [5.41, 5.74) is 6.00. The molecular formula is C23H25NO3. The highest BCUT2D eigenvalue weighted by Gasteiger charge is 2.25. The van der Waals surface area contributed by atoms with E-state index >= 15 is 0 Å². The molecule has 1 aromatic heterocycles. The van der Waals surface area contributed by atoms with E-state index in [0.717, 1.165) is 18.4 Å². The van der Waals surface area contributed by atoms with E-state index in [9.17, 15) is 9.59 Å². The highest BCUT2D eigenvalue weighted by atomic mass is 16.4. The Morgan fingerprint density at radius 2 is 1.67 bits per heavy atom. The predicted molar refractivity (Wildman–Crippen MR) is 104 cm³/mol. The maximum absolute atomic E-state index is 12.7. The van der Waals surface area contributed by atoms with E-state index in [1.54, 1.807) is 5.56 Å². The third kappa shape index (κ3) is 3.80. The van der Waals surface area contributed by atoms with E-state index in [-0.39, 0.29) is 11.3 Å². The molecule has 0 atom stereocenters. The number of benzene rings is 1. The van der Waals surface area contributed by atoms with Crippen LogP contribution in [0.5, 0.6) is 0 Å². The summed E-state index contributed by atoms with van der Waals surface area (Å²) in [4.78, 5) is 27.7. The van der Waals surface area contributed by atoms with E-state index in [2.05, 4.69) is 17.1 Å². The van der Waals surface area contributed by atoms with E-state index in [0.29, 0.717) is 18.0 Å². The molecule has 0 saturated carbocycles. The van der Waals surface area contributed by atoms with Crippen molar-refractivity contribution in [1.82, 2.24) is 4.98 Å². The Bertz CT molecular complexity index is 837. The van der Waals surface area contributed by atoms with Crippen LogP contribution >= 0.6 is 0 Å². The molecule has 1 heterocycles. The molecule has 0 radical (unpaired) electrons. The van der Waals surface area contributed by atoms with Crippen molar-refractivity contribution in [3.63, 3.8) is 0 Å². The maximum atomic E-state index is 12.7. The summed E-state index contributed by atoms with van der Waals surface area (Å²) >= 11 is 0. The van der Waals surface area contributed by atoms with Gasteiger partial charge in [-0.25, -0.2) is 4.79 Å². The second kappa shape index (κ2) is 7.63. The zero-order valence-electron chi connectivity index (χ0n) is 15.5. The number of hydrogen-bond acceptors (Lipinski definition) is 3. The summed E-state index contributed by atoms with van der Waals surface area (Å²) in [6.45, 7) is 0. The second-order valence-corrected chi connectivity index (χ2v) is 7.85. The molecule has 1 aromatic carbocycles. The molecule has 0 bridgehead atoms. The standard InChI is InChI=1S/C23H25NO3/c25-21(20-10-9-19(14-24-20)23(26)27)13-15-11-17-7-3-1-5-16-6-2-4-8-18(12-15)22(16)17/h9-12,14,16H,1-8,13H2,(H,26,27). The number of carbonyl (C=O) groups excluding carboxylic acids is 1. The third-order valence-electron chi connectivity index (χ3n) is 5.98. The first-order valence-electron chi connectivity index (χ1n) is 9.99. The molecule has 1 N–H and O–H groups in total. The number of aryl methyl sites for hydroxylation is 2. The number of rotatable bonds is 4. The second-order valence-electron chi connectivity index (χ2n) is 7.85. The fourth-order valence-corrected chi connectivity index (χ4v) is 4.70. The molecule has 4 rings (SSSR count). The molecule has 0 aliphatic heterocycles. The number of aromatic carboxylic acids is 1. The lowest BCUT2D eigenvalue weighted by Gasteiger charge is -2.20. The number of pyridine rings is 1. The van der Waals surface area contributed by atoms with Gasteiger partial charge in [0, 0.05) is 12.6 Å². The van der Waals surface area contributed by atoms with Crippen molar-refractivity contribution in [3.8, 4) is 0 Å². The molecule has 140 valence electrons. The van der Waals surface area contributed by atoms with Crippen LogP contribution in [0.1, 0.15) is 87.5 Å². The van der Waals surface area contributed by atoms with Gasteiger partial charge in [0.25, 0.3) is 0 Å². The maximum Gasteiger partial charge on any atom is 0.337 e. The van der Waals surface area contributed by atoms with Crippen LogP contribution in [0.3, 0.4) is 0 Å². The number of carbonyl (C=O) groups is 2. The lowest BCUT2D eigenvalue weighted by atomic mass is 9.85. The Kier molecular flexibility index (Phi) is 5.06. The van der Waals surface area contributed by atoms with Gasteiger partial charge in [0.15, 0.2) is 5.78 Å². The normalized spacial score (nSPS) is 16.9. The van der Waals surface area contributed by atoms with Crippen LogP contribution in [0.25, 0.3) is 0 Å². The molecule has 2 aromatic rings. The Morgan fingerprint density at radius 1 is 1.00 bits per heavy atom. The van der Waals surface area contributed by atoms with E-state index < -0.39 is 5.97 Å². The SMILES string of the molecule is O=C(O)c1ccc(C(=O)Cc2cc3c4c(c2)CCCCC4CCCC3)nc1. The van der Waals surface area contributed by atoms with Crippen LogP contribution in [0.4, 0.5) is 0 Å². The van der Waals surface area contributed by atoms with Crippen molar-refractivity contribution >= 4 is 11.8 Å². The Labute approximate surface area is 159 Å². The van der Waals surface area contributed by atoms with Crippen molar-refractivity contribution in [1.29, 1.82) is 0 Å². The smallest absolute Gasteiger partial charge is 0.337 e. The summed E-state index contributed by atoms with van der Waals surface area (Å²) in [7, 11) is 0. The fourth-order valence-electron chi connectivity index (χ4n) is 4.70. The zero-order chi connectivity index (χ0) is 18.8. The number of carboxylic acids is 1. The van der Waals surface area contributed by atoms with Crippen LogP contribution in [0, 0.1) is 0 Å². The number of aromatic nitrogens is 1. The summed E-state index contributed by atoms with van der Waals surface area (Å²) in [6, 6.07) is 7.44. The molecule has 2 aliphatic carbocycles. The predicted octanol–water partition coefficient (Wildman–Crippen LogP) is 4.74. The summed E-state index contributed by atoms with van der Waals surface area (Å²) in [5.74, 6) is -0.384. The third-order valence-corrected chi connectivity index (χ3v) is 5.98. The summed E-state index contributed by atoms with van der Waals surface area (Å²) in [5, 5.41) is 8.97. The Morgan fingerprint density at radius 3 is 2.22 bits per heavy atom. The molecular weight excluding hydrogens is 338 g/mol. The molecule has 0 spiro atoms. The van der Waals surface area contributed by atoms with Gasteiger partial charge >= 0.3 is 5.97 Å². The van der Waals surface area contributed by atoms with E-state index in [1.807, 2.05) is 0 Å². The van der Waals surface area contributed by atoms with E-state index in [1.165, 1.54) is 68.0 Å². The topological polar surface area (TPSA) is 67.3 Å². The number of ketones is 1. The summed E-state index contributed by atoms with van der Waals surface area (Å²) in [6.07, 6.45) is 11.5. The van der Waals surface area contributed by atoms with Gasteiger partial charge in [-0.3, -0.25) is 9.78 Å². The quantitative estimate of drug-likeness (QED) is 0.797. The van der Waals surface area contributed by atoms with Crippen molar-refractivity contribution in [2.24, 2.45) is 0 Å². The zero-order valence-corrected chi connectivity index (χ0v) is 15.5. The largest absolute Gasteiger partial charge is 0.478 e. The van der Waals surface area contributed by atoms with Crippen LogP contribution in [-0.2, 0) is 19.3 Å². The lowest BCUT2D eigenvalue weighted by molar-refractivity contribution is 0.0695. The average Bonchev–Trinajstić information content (AvgIpc) is 2.99. The minimum absolute atomic E-state index is 0.0575. The van der Waals surface area contributed by atoms with E-state index in [4.69, 9.17) is 5.11 Å². The van der Waals surface area contributed by atoms with Crippen molar-refractivity contribution in [2.75, 3.05) is 0 Å². The van der Waals surface area contributed by atoms with Crippen LogP contribution in [0.2, 0.25) is 0 Å². The minimum Gasteiger partial charge on any atom is -0.478 e. The van der Waals surface area contributed by atoms with Gasteiger partial charge in [-0.2, -0.15) is 0 Å². The first-order valence-corrected chi connectivity index (χ1v) is 9.99. The monoisotopic (exact) mass is 363 g/mol. The van der Waals surface area contributed by atoms with Gasteiger partial charge < -0.3 is 5.11 Å². The average molecular weight is 363 g/mol. The highest BCUT2D eigenvalue weighted by molar-refractivity contribution is 5.96. The molecule has 4 heteroatoms. The summed E-state index contributed by atoms with van der Waals surface area (Å²) < 4.78 is 0. The number of hydrogen-bond donors (Lipinski definition) is 1. The number of nitrogens with zero attached hydrogens (tertiary/aromatic N) is 1. The number of Topliss-reactive ketones (excluding diaryl/α,β-unsaturated/α-hetero) is 1. The van der Waals surface area contributed by atoms with Gasteiger partial charge in [-0.15, -0.1) is 0 Å². The van der Waals surface area contributed by atoms with Gasteiger partial charge in [-0.1, -0.05) is 25.0 Å². The Balaban J connectivity index is 1.61. The van der Waals surface area contributed by atoms with Gasteiger partial charge in [0.1, 0.15) is 5.69 Å². The van der Waals surface area contributed by atoms with Gasteiger partial charge in [-0.05, 0) is 78.8 Å². The molecule has 0 amide bonds. The fraction of sp³-hybridized carbons (Fsp3) is 0.435. The van der Waals surface area contributed by atoms with Crippen molar-refractivity contribution in [3.05, 3.63) is 64.0 Å². The van der Waals surface area contributed by atoms with Gasteiger partial charge in [0.2, 0.25) is 0 Å². The van der Waals surface area contributed by atoms with Crippen molar-refractivity contribution in [2.45, 2.75) is 63.7 Å². The molecule has 2 aliphatic rings. The molecule has 27 heavy (non-hydrogen) atoms. The minimum atomic E-state index is -1.03. The first kappa shape index (κ1) is 17.9. The number of carboxylic acid groups (broad SMARTS) is 1. The highest BCUT2D eigenvalue weighted by Crippen LogP contribution is 2.40.